The van der Waals surface area contributed by atoms with Crippen molar-refractivity contribution in [1.82, 2.24) is 0 Å². The second-order valence-corrected chi connectivity index (χ2v) is 4.84. The maximum Gasteiger partial charge on any atom is -0.0272 e. The molecule has 0 bridgehead atoms. The second-order valence-electron chi connectivity index (χ2n) is 4.84. The van der Waals surface area contributed by atoms with Gasteiger partial charge in [-0.3, -0.25) is 0 Å². The van der Waals surface area contributed by atoms with Gasteiger partial charge < -0.3 is 0 Å². The van der Waals surface area contributed by atoms with Gasteiger partial charge in [0.15, 0.2) is 0 Å². The Morgan fingerprint density at radius 1 is 1.07 bits per heavy atom. The Balaban J connectivity index is 4.45. The summed E-state index contributed by atoms with van der Waals surface area (Å²) in [5.74, 6) is 0.808. The van der Waals surface area contributed by atoms with Gasteiger partial charge in [0.25, 0.3) is 0 Å². The Kier molecular flexibility index (Phi) is 6.96. The van der Waals surface area contributed by atoms with Crippen molar-refractivity contribution in [2.24, 2.45) is 11.3 Å². The minimum absolute atomic E-state index is 0.581. The molecule has 0 aromatic rings. The smallest absolute Gasteiger partial charge is 0.0272 e. The third kappa shape index (κ3) is 3.86. The van der Waals surface area contributed by atoms with Crippen LogP contribution in [0.4, 0.5) is 0 Å². The first-order valence-corrected chi connectivity index (χ1v) is 6.23. The first-order chi connectivity index (χ1) is 6.63. The van der Waals surface area contributed by atoms with Crippen LogP contribution < -0.4 is 0 Å². The molecule has 0 aromatic carbocycles. The third-order valence-corrected chi connectivity index (χ3v) is 3.57. The topological polar surface area (TPSA) is 0 Å². The number of rotatable bonds is 8. The molecule has 0 heteroatoms. The fraction of sp³-hybridized carbons (Fsp3) is 0.857. The second kappa shape index (κ2) is 7.09. The molecule has 0 radical (unpaired) electrons. The predicted molar refractivity (Wildman–Crippen MR) is 66.5 cm³/mol. The summed E-state index contributed by atoms with van der Waals surface area (Å²) >= 11 is 0. The van der Waals surface area contributed by atoms with Crippen molar-refractivity contribution >= 4 is 0 Å². The Hall–Kier alpha value is -0.260. The van der Waals surface area contributed by atoms with Gasteiger partial charge in [-0.15, -0.1) is 6.58 Å². The summed E-state index contributed by atoms with van der Waals surface area (Å²) in [5, 5.41) is 0. The van der Waals surface area contributed by atoms with Crippen molar-refractivity contribution in [3.63, 3.8) is 0 Å². The van der Waals surface area contributed by atoms with Gasteiger partial charge >= 0.3 is 0 Å². The van der Waals surface area contributed by atoms with E-state index in [-0.39, 0.29) is 0 Å². The van der Waals surface area contributed by atoms with Gasteiger partial charge in [-0.25, -0.2) is 0 Å². The summed E-state index contributed by atoms with van der Waals surface area (Å²) in [6, 6.07) is 0. The maximum absolute atomic E-state index is 3.84. The molecule has 0 atom stereocenters. The number of hydrogen-bond acceptors (Lipinski definition) is 0. The van der Waals surface area contributed by atoms with Crippen LogP contribution in [-0.4, -0.2) is 0 Å². The molecule has 0 heterocycles. The molecular formula is C14H28. The van der Waals surface area contributed by atoms with Crippen LogP contribution in [0.2, 0.25) is 0 Å². The molecule has 0 aliphatic carbocycles. The molecule has 0 aliphatic heterocycles. The number of allylic oxidation sites excluding steroid dienone is 1. The van der Waals surface area contributed by atoms with Crippen LogP contribution in [0.5, 0.6) is 0 Å². The van der Waals surface area contributed by atoms with Crippen molar-refractivity contribution in [3.8, 4) is 0 Å². The Bertz CT molecular complexity index is 138. The minimum Gasteiger partial charge on any atom is -0.103 e. The van der Waals surface area contributed by atoms with Crippen LogP contribution in [0.1, 0.15) is 66.2 Å². The zero-order chi connectivity index (χ0) is 11.0. The minimum atomic E-state index is 0.581. The normalized spacial score (nSPS) is 12.1. The van der Waals surface area contributed by atoms with Crippen molar-refractivity contribution < 1.29 is 0 Å². The lowest BCUT2D eigenvalue weighted by atomic mass is 9.68. The predicted octanol–water partition coefficient (Wildman–Crippen LogP) is 5.20. The molecule has 0 rings (SSSR count). The lowest BCUT2D eigenvalue weighted by Gasteiger charge is -2.37. The first kappa shape index (κ1) is 13.7. The third-order valence-electron chi connectivity index (χ3n) is 3.57. The van der Waals surface area contributed by atoms with E-state index in [4.69, 9.17) is 0 Å². The highest BCUT2D eigenvalue weighted by atomic mass is 14.4. The quantitative estimate of drug-likeness (QED) is 0.468. The van der Waals surface area contributed by atoms with E-state index < -0.39 is 0 Å². The van der Waals surface area contributed by atoms with E-state index in [2.05, 4.69) is 40.3 Å². The Labute approximate surface area is 90.8 Å². The summed E-state index contributed by atoms with van der Waals surface area (Å²) in [6.45, 7) is 13.2. The average Bonchev–Trinajstić information content (AvgIpc) is 2.14. The van der Waals surface area contributed by atoms with Crippen LogP contribution in [0.15, 0.2) is 12.7 Å². The van der Waals surface area contributed by atoms with E-state index in [0.29, 0.717) is 5.41 Å². The van der Waals surface area contributed by atoms with Gasteiger partial charge in [0.05, 0.1) is 0 Å². The molecule has 0 saturated carbocycles. The summed E-state index contributed by atoms with van der Waals surface area (Å²) in [5.41, 5.74) is 0.581. The standard InChI is InChI=1S/C14H28/c1-6-9-12-14(10-7-2,11-8-3)13(4)5/h6,13H,1,7-12H2,2-5H3. The van der Waals surface area contributed by atoms with Crippen molar-refractivity contribution in [3.05, 3.63) is 12.7 Å². The van der Waals surface area contributed by atoms with Crippen LogP contribution in [0.25, 0.3) is 0 Å². The zero-order valence-corrected chi connectivity index (χ0v) is 10.6. The van der Waals surface area contributed by atoms with E-state index in [1.807, 2.05) is 0 Å². The zero-order valence-electron chi connectivity index (χ0n) is 10.6. The van der Waals surface area contributed by atoms with Gasteiger partial charge in [0.2, 0.25) is 0 Å². The molecule has 0 N–H and O–H groups in total. The van der Waals surface area contributed by atoms with Gasteiger partial charge in [-0.2, -0.15) is 0 Å². The molecule has 0 aliphatic rings. The Morgan fingerprint density at radius 2 is 1.57 bits per heavy atom. The van der Waals surface area contributed by atoms with Crippen LogP contribution in [0, 0.1) is 11.3 Å². The summed E-state index contributed by atoms with van der Waals surface area (Å²) in [7, 11) is 0. The van der Waals surface area contributed by atoms with Gasteiger partial charge in [0.1, 0.15) is 0 Å². The maximum atomic E-state index is 3.84. The van der Waals surface area contributed by atoms with Crippen LogP contribution in [-0.2, 0) is 0 Å². The molecule has 14 heavy (non-hydrogen) atoms. The molecule has 0 amide bonds. The average molecular weight is 196 g/mol. The highest BCUT2D eigenvalue weighted by Gasteiger charge is 2.30. The molecule has 0 aromatic heterocycles. The summed E-state index contributed by atoms with van der Waals surface area (Å²) < 4.78 is 0. The molecular weight excluding hydrogens is 168 g/mol. The van der Waals surface area contributed by atoms with Crippen LogP contribution >= 0.6 is 0 Å². The van der Waals surface area contributed by atoms with E-state index in [0.717, 1.165) is 5.92 Å². The molecule has 84 valence electrons. The van der Waals surface area contributed by atoms with Crippen LogP contribution in [0.3, 0.4) is 0 Å². The molecule has 0 spiro atoms. The summed E-state index contributed by atoms with van der Waals surface area (Å²) in [6.07, 6.45) is 9.97. The lowest BCUT2D eigenvalue weighted by Crippen LogP contribution is -2.27. The lowest BCUT2D eigenvalue weighted by molar-refractivity contribution is 0.136. The fourth-order valence-electron chi connectivity index (χ4n) is 2.63. The largest absolute Gasteiger partial charge is 0.103 e. The van der Waals surface area contributed by atoms with E-state index >= 15 is 0 Å². The monoisotopic (exact) mass is 196 g/mol. The van der Waals surface area contributed by atoms with E-state index in [1.165, 1.54) is 38.5 Å². The van der Waals surface area contributed by atoms with Crippen molar-refractivity contribution in [2.75, 3.05) is 0 Å². The molecule has 0 nitrogen and oxygen atoms in total. The highest BCUT2D eigenvalue weighted by molar-refractivity contribution is 4.84. The highest BCUT2D eigenvalue weighted by Crippen LogP contribution is 2.42. The fourth-order valence-corrected chi connectivity index (χ4v) is 2.63. The Morgan fingerprint density at radius 3 is 1.86 bits per heavy atom. The molecule has 0 unspecified atom stereocenters. The van der Waals surface area contributed by atoms with E-state index in [9.17, 15) is 0 Å². The molecule has 0 fully saturated rings. The van der Waals surface area contributed by atoms with Gasteiger partial charge in [-0.1, -0.05) is 46.6 Å². The first-order valence-electron chi connectivity index (χ1n) is 6.23. The van der Waals surface area contributed by atoms with Crippen molar-refractivity contribution in [2.45, 2.75) is 66.2 Å². The molecule has 0 saturated heterocycles. The van der Waals surface area contributed by atoms with Gasteiger partial charge in [-0.05, 0) is 37.0 Å². The van der Waals surface area contributed by atoms with Crippen molar-refractivity contribution in [1.29, 1.82) is 0 Å². The number of hydrogen-bond donors (Lipinski definition) is 0. The summed E-state index contributed by atoms with van der Waals surface area (Å²) in [4.78, 5) is 0. The SMILES string of the molecule is C=CCCC(CCC)(CCC)C(C)C. The van der Waals surface area contributed by atoms with Gasteiger partial charge in [0, 0.05) is 0 Å². The van der Waals surface area contributed by atoms with E-state index in [1.54, 1.807) is 0 Å².